The Hall–Kier alpha value is -2.86. The zero-order chi connectivity index (χ0) is 24.5. The van der Waals surface area contributed by atoms with Gasteiger partial charge in [0, 0.05) is 25.2 Å². The Labute approximate surface area is 208 Å². The number of aliphatic hydroxyl groups is 2. The minimum Gasteiger partial charge on any atom is -0.490 e. The van der Waals surface area contributed by atoms with Gasteiger partial charge in [0.05, 0.1) is 17.2 Å². The summed E-state index contributed by atoms with van der Waals surface area (Å²) < 4.78 is 6.18. The van der Waals surface area contributed by atoms with E-state index in [0.717, 1.165) is 61.3 Å². The molecule has 1 fully saturated rings. The summed E-state index contributed by atoms with van der Waals surface area (Å²) in [6, 6.07) is 16.2. The van der Waals surface area contributed by atoms with Crippen LogP contribution in [0.1, 0.15) is 49.8 Å². The van der Waals surface area contributed by atoms with Crippen molar-refractivity contribution in [2.24, 2.45) is 0 Å². The van der Waals surface area contributed by atoms with E-state index in [0.29, 0.717) is 6.61 Å². The summed E-state index contributed by atoms with van der Waals surface area (Å²) in [4.78, 5) is 2.45. The summed E-state index contributed by atoms with van der Waals surface area (Å²) in [6.07, 6.45) is 10.9. The average molecular weight is 473 g/mol. The summed E-state index contributed by atoms with van der Waals surface area (Å²) in [7, 11) is 0. The van der Waals surface area contributed by atoms with Gasteiger partial charge < -0.3 is 25.2 Å². The third kappa shape index (κ3) is 5.08. The average Bonchev–Trinajstić information content (AvgIpc) is 3.02. The van der Waals surface area contributed by atoms with Crippen molar-refractivity contribution < 1.29 is 14.9 Å². The highest BCUT2D eigenvalue weighted by atomic mass is 16.5. The van der Waals surface area contributed by atoms with Crippen molar-refractivity contribution in [3.8, 4) is 5.75 Å². The maximum atomic E-state index is 11.2. The van der Waals surface area contributed by atoms with E-state index in [4.69, 9.17) is 4.74 Å². The van der Waals surface area contributed by atoms with Crippen LogP contribution in [0.2, 0.25) is 0 Å². The van der Waals surface area contributed by atoms with Gasteiger partial charge >= 0.3 is 0 Å². The van der Waals surface area contributed by atoms with E-state index in [1.165, 1.54) is 11.1 Å². The molecule has 184 valence electrons. The van der Waals surface area contributed by atoms with Gasteiger partial charge in [-0.25, -0.2) is 0 Å². The van der Waals surface area contributed by atoms with Crippen LogP contribution in [0.25, 0.3) is 5.57 Å². The van der Waals surface area contributed by atoms with E-state index in [1.54, 1.807) is 0 Å². The fraction of sp³-hybridized carbons (Fsp3) is 0.400. The number of piperidine rings is 1. The molecule has 0 saturated carbocycles. The van der Waals surface area contributed by atoms with Crippen molar-refractivity contribution in [1.82, 2.24) is 10.2 Å². The quantitative estimate of drug-likeness (QED) is 0.599. The second-order valence-corrected chi connectivity index (χ2v) is 10.4. The second-order valence-electron chi connectivity index (χ2n) is 10.4. The van der Waals surface area contributed by atoms with Crippen molar-refractivity contribution in [3.05, 3.63) is 95.2 Å². The minimum absolute atomic E-state index is 0.0973. The molecule has 0 aromatic heterocycles. The van der Waals surface area contributed by atoms with Gasteiger partial charge in [0.2, 0.25) is 0 Å². The fourth-order valence-electron chi connectivity index (χ4n) is 5.32. The SMILES string of the molecule is CC(C)(O)c1ccc2c(c1)/C(=C/CCN1CCC(O)(c3ccccc3)CC1)C1=CC=CNC1CO2. The van der Waals surface area contributed by atoms with Crippen LogP contribution in [-0.4, -0.2) is 47.4 Å². The molecular weight excluding hydrogens is 436 g/mol. The monoisotopic (exact) mass is 472 g/mol. The first-order valence-electron chi connectivity index (χ1n) is 12.7. The standard InChI is InChI=1S/C30H36N2O3/c1-29(2,33)23-12-13-28-26(20-23)24(25-10-6-16-31-27(25)21-35-28)11-7-17-32-18-14-30(34,15-19-32)22-8-4-3-5-9-22/h3-6,8-13,16,20,27,31,33-34H,7,14-15,17-19,21H2,1-2H3/b24-11+. The molecule has 3 aliphatic rings. The first-order chi connectivity index (χ1) is 16.8. The van der Waals surface area contributed by atoms with Crippen molar-refractivity contribution in [3.63, 3.8) is 0 Å². The number of ether oxygens (including phenoxy) is 1. The van der Waals surface area contributed by atoms with E-state index in [9.17, 15) is 10.2 Å². The number of hydrogen-bond donors (Lipinski definition) is 3. The molecule has 5 heteroatoms. The zero-order valence-corrected chi connectivity index (χ0v) is 20.7. The van der Waals surface area contributed by atoms with Gasteiger partial charge in [-0.05, 0) is 79.8 Å². The van der Waals surface area contributed by atoms with Crippen molar-refractivity contribution in [1.29, 1.82) is 0 Å². The Bertz CT molecular complexity index is 1140. The molecule has 0 spiro atoms. The number of hydrogen-bond acceptors (Lipinski definition) is 5. The molecule has 1 saturated heterocycles. The van der Waals surface area contributed by atoms with Crippen LogP contribution in [0.5, 0.6) is 5.75 Å². The Morgan fingerprint density at radius 2 is 1.91 bits per heavy atom. The number of nitrogens with zero attached hydrogens (tertiary/aromatic N) is 1. The molecule has 5 rings (SSSR count). The first kappa shape index (κ1) is 23.9. The minimum atomic E-state index is -0.922. The summed E-state index contributed by atoms with van der Waals surface area (Å²) in [6.45, 7) is 6.90. The summed E-state index contributed by atoms with van der Waals surface area (Å²) in [5.74, 6) is 0.854. The molecule has 2 aromatic carbocycles. The molecule has 0 amide bonds. The van der Waals surface area contributed by atoms with E-state index in [2.05, 4.69) is 28.4 Å². The normalized spacial score (nSPS) is 22.9. The molecule has 2 aromatic rings. The number of benzene rings is 2. The largest absolute Gasteiger partial charge is 0.490 e. The lowest BCUT2D eigenvalue weighted by Crippen LogP contribution is -2.42. The van der Waals surface area contributed by atoms with Gasteiger partial charge in [-0.2, -0.15) is 0 Å². The molecular formula is C30H36N2O3. The third-order valence-corrected chi connectivity index (χ3v) is 7.53. The Balaban J connectivity index is 1.34. The number of dihydropyridines is 1. The summed E-state index contributed by atoms with van der Waals surface area (Å²) in [5, 5.41) is 25.2. The summed E-state index contributed by atoms with van der Waals surface area (Å²) in [5.41, 5.74) is 3.68. The topological polar surface area (TPSA) is 65.0 Å². The van der Waals surface area contributed by atoms with E-state index >= 15 is 0 Å². The zero-order valence-electron chi connectivity index (χ0n) is 20.7. The fourth-order valence-corrected chi connectivity index (χ4v) is 5.32. The lowest BCUT2D eigenvalue weighted by atomic mass is 9.84. The van der Waals surface area contributed by atoms with Crippen molar-refractivity contribution in [2.75, 3.05) is 26.2 Å². The lowest BCUT2D eigenvalue weighted by Gasteiger charge is -2.38. The smallest absolute Gasteiger partial charge is 0.127 e. The molecule has 3 aliphatic heterocycles. The Morgan fingerprint density at radius 1 is 1.14 bits per heavy atom. The van der Waals surface area contributed by atoms with E-state index < -0.39 is 11.2 Å². The molecule has 5 nitrogen and oxygen atoms in total. The first-order valence-corrected chi connectivity index (χ1v) is 12.7. The van der Waals surface area contributed by atoms with Gasteiger partial charge in [0.1, 0.15) is 12.4 Å². The molecule has 0 radical (unpaired) electrons. The van der Waals surface area contributed by atoms with Crippen LogP contribution < -0.4 is 10.1 Å². The van der Waals surface area contributed by atoms with Crippen LogP contribution in [-0.2, 0) is 11.2 Å². The molecule has 3 heterocycles. The number of allylic oxidation sites excluding steroid dienone is 2. The van der Waals surface area contributed by atoms with Gasteiger partial charge in [-0.3, -0.25) is 0 Å². The third-order valence-electron chi connectivity index (χ3n) is 7.53. The van der Waals surface area contributed by atoms with Crippen molar-refractivity contribution in [2.45, 2.75) is 50.4 Å². The number of nitrogens with one attached hydrogen (secondary N) is 1. The lowest BCUT2D eigenvalue weighted by molar-refractivity contribution is -0.0254. The Morgan fingerprint density at radius 3 is 2.66 bits per heavy atom. The van der Waals surface area contributed by atoms with Gasteiger partial charge in [0.15, 0.2) is 0 Å². The predicted molar refractivity (Wildman–Crippen MR) is 140 cm³/mol. The van der Waals surface area contributed by atoms with Crippen LogP contribution in [0.15, 0.2) is 78.5 Å². The van der Waals surface area contributed by atoms with Gasteiger partial charge in [-0.15, -0.1) is 0 Å². The number of rotatable bonds is 5. The van der Waals surface area contributed by atoms with Gasteiger partial charge in [0.25, 0.3) is 0 Å². The maximum Gasteiger partial charge on any atom is 0.127 e. The molecule has 1 unspecified atom stereocenters. The van der Waals surface area contributed by atoms with Crippen LogP contribution in [0, 0.1) is 0 Å². The van der Waals surface area contributed by atoms with Crippen LogP contribution in [0.4, 0.5) is 0 Å². The highest BCUT2D eigenvalue weighted by molar-refractivity contribution is 5.85. The van der Waals surface area contributed by atoms with E-state index in [-0.39, 0.29) is 6.04 Å². The van der Waals surface area contributed by atoms with Crippen LogP contribution >= 0.6 is 0 Å². The Kier molecular flexibility index (Phi) is 6.58. The molecule has 0 bridgehead atoms. The van der Waals surface area contributed by atoms with Crippen LogP contribution in [0.3, 0.4) is 0 Å². The van der Waals surface area contributed by atoms with E-state index in [1.807, 2.05) is 68.6 Å². The van der Waals surface area contributed by atoms with Gasteiger partial charge in [-0.1, -0.05) is 48.6 Å². The summed E-state index contributed by atoms with van der Waals surface area (Å²) >= 11 is 0. The number of fused-ring (bicyclic) bond motifs is 2. The molecule has 3 N–H and O–H groups in total. The highest BCUT2D eigenvalue weighted by Crippen LogP contribution is 2.39. The highest BCUT2D eigenvalue weighted by Gasteiger charge is 2.33. The molecule has 35 heavy (non-hydrogen) atoms. The van der Waals surface area contributed by atoms with Crippen molar-refractivity contribution >= 4 is 5.57 Å². The molecule has 0 aliphatic carbocycles. The predicted octanol–water partition coefficient (Wildman–Crippen LogP) is 4.48. The second kappa shape index (κ2) is 9.65. The molecule has 1 atom stereocenters. The maximum absolute atomic E-state index is 11.2. The number of likely N-dealkylation sites (tertiary alicyclic amines) is 1.